The van der Waals surface area contributed by atoms with Gasteiger partial charge in [0.25, 0.3) is 5.69 Å². The summed E-state index contributed by atoms with van der Waals surface area (Å²) in [5.41, 5.74) is 0.286. The lowest BCUT2D eigenvalue weighted by atomic mass is 10.0. The second-order valence-electron chi connectivity index (χ2n) is 3.19. The van der Waals surface area contributed by atoms with Gasteiger partial charge in [0, 0.05) is 18.2 Å². The number of hydrogen-bond donors (Lipinski definition) is 1. The highest BCUT2D eigenvalue weighted by molar-refractivity contribution is 5.36. The fraction of sp³-hybridized carbons (Fsp3) is 0.444. The van der Waals surface area contributed by atoms with Crippen molar-refractivity contribution in [3.63, 3.8) is 0 Å². The predicted octanol–water partition coefficient (Wildman–Crippen LogP) is 1.47. The third kappa shape index (κ3) is 2.05. The Kier molecular flexibility index (Phi) is 3.14. The highest BCUT2D eigenvalue weighted by atomic mass is 16.6. The van der Waals surface area contributed by atoms with Gasteiger partial charge in [-0.15, -0.1) is 0 Å². The van der Waals surface area contributed by atoms with Gasteiger partial charge in [-0.2, -0.15) is 0 Å². The largest absolute Gasteiger partial charge is 0.393 e. The normalized spacial score (nSPS) is 14.8. The maximum Gasteiger partial charge on any atom is 0.291 e. The molecule has 5 nitrogen and oxygen atoms in total. The van der Waals surface area contributed by atoms with Gasteiger partial charge in [-0.05, 0) is 13.0 Å². The fourth-order valence-corrected chi connectivity index (χ4v) is 1.14. The lowest BCUT2D eigenvalue weighted by molar-refractivity contribution is -0.386. The third-order valence-electron chi connectivity index (χ3n) is 2.17. The quantitative estimate of drug-likeness (QED) is 0.586. The van der Waals surface area contributed by atoms with E-state index in [0.717, 1.165) is 0 Å². The average molecular weight is 196 g/mol. The molecule has 14 heavy (non-hydrogen) atoms. The molecule has 0 aliphatic heterocycles. The summed E-state index contributed by atoms with van der Waals surface area (Å²) >= 11 is 0. The van der Waals surface area contributed by atoms with Crippen LogP contribution in [0.3, 0.4) is 0 Å². The molecule has 1 aromatic heterocycles. The van der Waals surface area contributed by atoms with Gasteiger partial charge in [0.15, 0.2) is 0 Å². The maximum absolute atomic E-state index is 10.6. The zero-order valence-electron chi connectivity index (χ0n) is 8.04. The van der Waals surface area contributed by atoms with Crippen LogP contribution in [0.5, 0.6) is 0 Å². The number of rotatable bonds is 3. The molecule has 1 N–H and O–H groups in total. The van der Waals surface area contributed by atoms with Crippen LogP contribution in [0, 0.1) is 10.1 Å². The predicted molar refractivity (Wildman–Crippen MR) is 51.0 cm³/mol. The van der Waals surface area contributed by atoms with Crippen molar-refractivity contribution in [3.05, 3.63) is 34.1 Å². The van der Waals surface area contributed by atoms with Gasteiger partial charge in [0.1, 0.15) is 5.69 Å². The number of aliphatic hydroxyl groups is 1. The number of aliphatic hydroxyl groups excluding tert-OH is 1. The zero-order chi connectivity index (χ0) is 10.7. The first-order valence-electron chi connectivity index (χ1n) is 4.31. The van der Waals surface area contributed by atoms with Gasteiger partial charge in [-0.3, -0.25) is 15.1 Å². The Morgan fingerprint density at radius 1 is 1.57 bits per heavy atom. The van der Waals surface area contributed by atoms with Crippen LogP contribution in [0.1, 0.15) is 25.5 Å². The SMILES string of the molecule is CC(O)C(C)c1ncccc1[N+](=O)[O-]. The molecule has 1 aromatic rings. The van der Waals surface area contributed by atoms with Crippen LogP contribution < -0.4 is 0 Å². The molecular formula is C9H12N2O3. The van der Waals surface area contributed by atoms with E-state index in [1.54, 1.807) is 13.8 Å². The van der Waals surface area contributed by atoms with Gasteiger partial charge in [0.05, 0.1) is 11.0 Å². The Morgan fingerprint density at radius 3 is 2.71 bits per heavy atom. The standard InChI is InChI=1S/C9H12N2O3/c1-6(7(2)12)9-8(11(13)14)4-3-5-10-9/h3-7,12H,1-2H3. The Bertz CT molecular complexity index is 339. The van der Waals surface area contributed by atoms with Crippen LogP contribution in [-0.2, 0) is 0 Å². The first-order valence-corrected chi connectivity index (χ1v) is 4.31. The smallest absolute Gasteiger partial charge is 0.291 e. The molecule has 0 radical (unpaired) electrons. The van der Waals surface area contributed by atoms with E-state index in [0.29, 0.717) is 5.69 Å². The third-order valence-corrected chi connectivity index (χ3v) is 2.17. The van der Waals surface area contributed by atoms with Crippen molar-refractivity contribution in [3.8, 4) is 0 Å². The second-order valence-corrected chi connectivity index (χ2v) is 3.19. The molecule has 0 amide bonds. The van der Waals surface area contributed by atoms with E-state index in [9.17, 15) is 15.2 Å². The summed E-state index contributed by atoms with van der Waals surface area (Å²) < 4.78 is 0. The van der Waals surface area contributed by atoms with Crippen molar-refractivity contribution in [1.29, 1.82) is 0 Å². The molecule has 1 rings (SSSR count). The molecular weight excluding hydrogens is 184 g/mol. The Balaban J connectivity index is 3.13. The van der Waals surface area contributed by atoms with Crippen molar-refractivity contribution in [2.24, 2.45) is 0 Å². The lowest BCUT2D eigenvalue weighted by Gasteiger charge is -2.13. The van der Waals surface area contributed by atoms with E-state index >= 15 is 0 Å². The van der Waals surface area contributed by atoms with Crippen LogP contribution in [0.15, 0.2) is 18.3 Å². The summed E-state index contributed by atoms with van der Waals surface area (Å²) in [6.45, 7) is 3.29. The molecule has 5 heteroatoms. The highest BCUT2D eigenvalue weighted by Crippen LogP contribution is 2.25. The topological polar surface area (TPSA) is 76.3 Å². The Hall–Kier alpha value is -1.49. The minimum absolute atomic E-state index is 0.0408. The number of aromatic nitrogens is 1. The monoisotopic (exact) mass is 196 g/mol. The summed E-state index contributed by atoms with van der Waals surface area (Å²) in [6, 6.07) is 2.90. The van der Waals surface area contributed by atoms with Gasteiger partial charge < -0.3 is 5.11 Å². The minimum Gasteiger partial charge on any atom is -0.393 e. The number of nitro groups is 1. The summed E-state index contributed by atoms with van der Waals surface area (Å²) in [5.74, 6) is -0.336. The fourth-order valence-electron chi connectivity index (χ4n) is 1.14. The molecule has 76 valence electrons. The van der Waals surface area contributed by atoms with Crippen LogP contribution in [0.2, 0.25) is 0 Å². The van der Waals surface area contributed by atoms with E-state index < -0.39 is 11.0 Å². The lowest BCUT2D eigenvalue weighted by Crippen LogP contribution is -2.14. The molecule has 0 aliphatic carbocycles. The second kappa shape index (κ2) is 4.15. The summed E-state index contributed by atoms with van der Waals surface area (Å²) in [7, 11) is 0. The molecule has 1 heterocycles. The summed E-state index contributed by atoms with van der Waals surface area (Å²) in [6.07, 6.45) is 0.838. The van der Waals surface area contributed by atoms with Gasteiger partial charge in [0.2, 0.25) is 0 Å². The van der Waals surface area contributed by atoms with E-state index in [-0.39, 0.29) is 11.6 Å². The van der Waals surface area contributed by atoms with Gasteiger partial charge in [-0.25, -0.2) is 0 Å². The van der Waals surface area contributed by atoms with E-state index in [2.05, 4.69) is 4.98 Å². The molecule has 2 atom stereocenters. The molecule has 0 spiro atoms. The van der Waals surface area contributed by atoms with Crippen molar-refractivity contribution in [2.45, 2.75) is 25.9 Å². The van der Waals surface area contributed by atoms with E-state index in [1.807, 2.05) is 0 Å². The van der Waals surface area contributed by atoms with Crippen molar-refractivity contribution < 1.29 is 10.0 Å². The number of pyridine rings is 1. The molecule has 0 bridgehead atoms. The molecule has 0 saturated heterocycles. The van der Waals surface area contributed by atoms with Gasteiger partial charge in [-0.1, -0.05) is 6.92 Å². The molecule has 0 saturated carbocycles. The minimum atomic E-state index is -0.649. The van der Waals surface area contributed by atoms with E-state index in [4.69, 9.17) is 0 Å². The highest BCUT2D eigenvalue weighted by Gasteiger charge is 2.22. The van der Waals surface area contributed by atoms with Crippen LogP contribution in [-0.4, -0.2) is 21.1 Å². The average Bonchev–Trinajstić information content (AvgIpc) is 2.16. The molecule has 0 aliphatic rings. The van der Waals surface area contributed by atoms with Crippen molar-refractivity contribution in [2.75, 3.05) is 0 Å². The van der Waals surface area contributed by atoms with Crippen LogP contribution in [0.25, 0.3) is 0 Å². The zero-order valence-corrected chi connectivity index (χ0v) is 8.04. The molecule has 0 aromatic carbocycles. The summed E-state index contributed by atoms with van der Waals surface area (Å²) in [4.78, 5) is 14.1. The van der Waals surface area contributed by atoms with Crippen LogP contribution in [0.4, 0.5) is 5.69 Å². The first kappa shape index (κ1) is 10.6. The Labute approximate surface area is 81.6 Å². The summed E-state index contributed by atoms with van der Waals surface area (Å²) in [5, 5.41) is 20.0. The number of nitrogens with zero attached hydrogens (tertiary/aromatic N) is 2. The Morgan fingerprint density at radius 2 is 2.21 bits per heavy atom. The van der Waals surface area contributed by atoms with E-state index in [1.165, 1.54) is 18.3 Å². The van der Waals surface area contributed by atoms with Crippen molar-refractivity contribution in [1.82, 2.24) is 4.98 Å². The first-order chi connectivity index (χ1) is 6.54. The maximum atomic E-state index is 10.6. The molecule has 2 unspecified atom stereocenters. The van der Waals surface area contributed by atoms with Crippen molar-refractivity contribution >= 4 is 5.69 Å². The van der Waals surface area contributed by atoms with Crippen LogP contribution >= 0.6 is 0 Å². The molecule has 0 fully saturated rings. The van der Waals surface area contributed by atoms with Gasteiger partial charge >= 0.3 is 0 Å². The number of hydrogen-bond acceptors (Lipinski definition) is 4.